The van der Waals surface area contributed by atoms with Crippen molar-refractivity contribution in [3.8, 4) is 5.75 Å². The van der Waals surface area contributed by atoms with Crippen molar-refractivity contribution >= 4 is 27.7 Å². The number of rotatable bonds is 9. The minimum atomic E-state index is -3.35. The topological polar surface area (TPSA) is 167 Å². The number of hydrogen-bond donors (Lipinski definition) is 4. The van der Waals surface area contributed by atoms with Crippen LogP contribution in [0, 0.1) is 13.8 Å². The van der Waals surface area contributed by atoms with Crippen LogP contribution >= 0.6 is 10.8 Å². The van der Waals surface area contributed by atoms with Crippen molar-refractivity contribution in [1.82, 2.24) is 45.2 Å². The lowest BCUT2D eigenvalue weighted by atomic mass is 9.75. The molecule has 14 heteroatoms. The van der Waals surface area contributed by atoms with Crippen LogP contribution in [0.2, 0.25) is 0 Å². The van der Waals surface area contributed by atoms with Crippen LogP contribution in [-0.4, -0.2) is 73.1 Å². The molecule has 4 N–H and O–H groups in total. The number of tetrazole rings is 1. The summed E-state index contributed by atoms with van der Waals surface area (Å²) in [5, 5.41) is 25.5. The number of para-hydroxylation sites is 1. The number of nitrogens with one attached hydrogen (secondary N) is 2. The first-order valence-electron chi connectivity index (χ1n) is 15.7. The third-order valence-electron chi connectivity index (χ3n) is 9.02. The Labute approximate surface area is 275 Å². The maximum atomic E-state index is 13.3. The van der Waals surface area contributed by atoms with Crippen LogP contribution in [0.15, 0.2) is 59.5 Å². The number of carbonyl (C=O) groups is 1. The van der Waals surface area contributed by atoms with Gasteiger partial charge in [-0.05, 0) is 97.5 Å². The number of aromatic amines is 1. The van der Waals surface area contributed by atoms with Gasteiger partial charge in [0.15, 0.2) is 0 Å². The highest BCUT2D eigenvalue weighted by Gasteiger charge is 2.38. The van der Waals surface area contributed by atoms with Crippen molar-refractivity contribution in [3.05, 3.63) is 88.2 Å². The highest BCUT2D eigenvalue weighted by Crippen LogP contribution is 2.57. The third-order valence-corrected chi connectivity index (χ3v) is 11.0. The second-order valence-corrected chi connectivity index (χ2v) is 14.5. The zero-order chi connectivity index (χ0) is 33.5. The zero-order valence-electron chi connectivity index (χ0n) is 27.4. The number of ether oxygens (including phenoxy) is 1. The molecule has 0 radical (unpaired) electrons. The van der Waals surface area contributed by atoms with E-state index in [4.69, 9.17) is 4.74 Å². The molecule has 0 saturated heterocycles. The molecular weight excluding hydrogens is 618 g/mol. The Morgan fingerprint density at radius 3 is 2.64 bits per heavy atom. The fourth-order valence-electron chi connectivity index (χ4n) is 6.45. The molecule has 0 saturated carbocycles. The van der Waals surface area contributed by atoms with Gasteiger partial charge in [-0.1, -0.05) is 48.5 Å². The molecule has 1 unspecified atom stereocenters. The molecule has 2 atom stereocenters. The average Bonchev–Trinajstić information content (AvgIpc) is 3.72. The van der Waals surface area contributed by atoms with Crippen molar-refractivity contribution < 1.29 is 18.6 Å². The summed E-state index contributed by atoms with van der Waals surface area (Å²) in [5.41, 5.74) is 5.69. The van der Waals surface area contributed by atoms with Crippen LogP contribution in [0.4, 0.5) is 0 Å². The predicted octanol–water partition coefficient (Wildman–Crippen LogP) is 5.62. The van der Waals surface area contributed by atoms with Crippen LogP contribution < -0.4 is 10.1 Å². The molecule has 0 fully saturated rings. The molecule has 13 nitrogen and oxygen atoms in total. The summed E-state index contributed by atoms with van der Waals surface area (Å²) in [6.45, 7) is 13.4. The molecule has 47 heavy (non-hydrogen) atoms. The number of fused-ring (bicyclic) bond motifs is 2. The largest absolute Gasteiger partial charge is 0.487 e. The van der Waals surface area contributed by atoms with E-state index in [2.05, 4.69) is 54.5 Å². The number of amides is 1. The van der Waals surface area contributed by atoms with Crippen molar-refractivity contribution in [2.24, 2.45) is 0 Å². The number of benzene rings is 3. The Balaban J connectivity index is 1.44. The van der Waals surface area contributed by atoms with Gasteiger partial charge in [0, 0.05) is 24.5 Å². The molecule has 6 rings (SSSR count). The quantitative estimate of drug-likeness (QED) is 0.156. The van der Waals surface area contributed by atoms with Gasteiger partial charge in [-0.25, -0.2) is 9.78 Å². The average molecular weight is 660 g/mol. The van der Waals surface area contributed by atoms with E-state index in [9.17, 15) is 13.9 Å². The maximum absolute atomic E-state index is 13.3. The van der Waals surface area contributed by atoms with E-state index in [0.29, 0.717) is 30.2 Å². The Morgan fingerprint density at radius 2 is 1.91 bits per heavy atom. The summed E-state index contributed by atoms with van der Waals surface area (Å²) in [4.78, 5) is 13.7. The molecule has 0 aliphatic carbocycles. The van der Waals surface area contributed by atoms with E-state index >= 15 is 0 Å². The minimum Gasteiger partial charge on any atom is -0.487 e. The van der Waals surface area contributed by atoms with Crippen molar-refractivity contribution in [2.45, 2.75) is 83.5 Å². The zero-order valence-corrected chi connectivity index (χ0v) is 28.2. The SMILES string of the molecule is CCC1CN(Cc2cc([C@@H](c3ccc4c(nnn4CC)c3C)C(C)(C)NC(=O)c3nnn[nH]3)ccc2C)S(O)(O)c2ccccc2O1. The molecule has 3 aromatic carbocycles. The highest BCUT2D eigenvalue weighted by atomic mass is 32.3. The normalized spacial score (nSPS) is 17.8. The Morgan fingerprint density at radius 1 is 1.13 bits per heavy atom. The second kappa shape index (κ2) is 12.7. The fraction of sp³-hybridized carbons (Fsp3) is 0.394. The van der Waals surface area contributed by atoms with Gasteiger partial charge >= 0.3 is 0 Å². The van der Waals surface area contributed by atoms with Gasteiger partial charge in [-0.15, -0.1) is 21.0 Å². The first-order valence-corrected chi connectivity index (χ1v) is 17.2. The number of H-pyrrole nitrogens is 1. The first-order chi connectivity index (χ1) is 22.4. The molecule has 1 aliphatic rings. The minimum absolute atomic E-state index is 0.0128. The van der Waals surface area contributed by atoms with Gasteiger partial charge in [0.1, 0.15) is 22.3 Å². The molecule has 5 aromatic rings. The molecular formula is C33H41N9O4S. The fourth-order valence-corrected chi connectivity index (χ4v) is 8.07. The number of carbonyl (C=O) groups excluding carboxylic acids is 1. The lowest BCUT2D eigenvalue weighted by Crippen LogP contribution is -2.49. The molecule has 248 valence electrons. The molecule has 0 spiro atoms. The molecule has 1 amide bonds. The summed E-state index contributed by atoms with van der Waals surface area (Å²) in [5.74, 6) is -0.276. The number of aryl methyl sites for hydroxylation is 3. The van der Waals surface area contributed by atoms with Gasteiger partial charge < -0.3 is 10.1 Å². The van der Waals surface area contributed by atoms with Crippen LogP contribution in [0.25, 0.3) is 11.0 Å². The third kappa shape index (κ3) is 6.09. The first kappa shape index (κ1) is 32.6. The van der Waals surface area contributed by atoms with E-state index < -0.39 is 22.2 Å². The van der Waals surface area contributed by atoms with Gasteiger partial charge in [0.2, 0.25) is 5.82 Å². The Kier molecular flexibility index (Phi) is 8.78. The number of nitrogens with zero attached hydrogens (tertiary/aromatic N) is 7. The Hall–Kier alpha value is -4.37. The second-order valence-electron chi connectivity index (χ2n) is 12.5. The number of aromatic nitrogens is 7. The van der Waals surface area contributed by atoms with Crippen LogP contribution in [0.1, 0.15) is 78.5 Å². The van der Waals surface area contributed by atoms with Gasteiger partial charge in [0.25, 0.3) is 5.91 Å². The molecule has 3 heterocycles. The van der Waals surface area contributed by atoms with E-state index in [1.807, 2.05) is 64.4 Å². The van der Waals surface area contributed by atoms with Crippen LogP contribution in [0.5, 0.6) is 5.75 Å². The van der Waals surface area contributed by atoms with Crippen molar-refractivity contribution in [3.63, 3.8) is 0 Å². The van der Waals surface area contributed by atoms with Crippen molar-refractivity contribution in [2.75, 3.05) is 6.54 Å². The molecule has 0 bridgehead atoms. The van der Waals surface area contributed by atoms with Crippen LogP contribution in [0.3, 0.4) is 0 Å². The van der Waals surface area contributed by atoms with Gasteiger partial charge in [-0.3, -0.25) is 13.9 Å². The summed E-state index contributed by atoms with van der Waals surface area (Å²) in [6.07, 6.45) is 0.493. The molecule has 1 aliphatic heterocycles. The smallest absolute Gasteiger partial charge is 0.291 e. The molecule has 2 aromatic heterocycles. The van der Waals surface area contributed by atoms with Gasteiger partial charge in [-0.2, -0.15) is 4.31 Å². The van der Waals surface area contributed by atoms with E-state index in [-0.39, 0.29) is 24.4 Å². The summed E-state index contributed by atoms with van der Waals surface area (Å²) < 4.78 is 33.2. The van der Waals surface area contributed by atoms with Crippen LogP contribution in [-0.2, 0) is 13.1 Å². The van der Waals surface area contributed by atoms with E-state index in [1.165, 1.54) is 0 Å². The van der Waals surface area contributed by atoms with E-state index in [0.717, 1.165) is 38.9 Å². The van der Waals surface area contributed by atoms with Crippen molar-refractivity contribution in [1.29, 1.82) is 0 Å². The lowest BCUT2D eigenvalue weighted by Gasteiger charge is -2.42. The Bertz CT molecular complexity index is 1910. The highest BCUT2D eigenvalue weighted by molar-refractivity contribution is 8.22. The maximum Gasteiger partial charge on any atom is 0.291 e. The number of hydrogen-bond acceptors (Lipinski definition) is 10. The monoisotopic (exact) mass is 659 g/mol. The summed E-state index contributed by atoms with van der Waals surface area (Å²) in [6, 6.07) is 17.4. The summed E-state index contributed by atoms with van der Waals surface area (Å²) in [7, 11) is -3.35. The van der Waals surface area contributed by atoms with E-state index in [1.54, 1.807) is 22.5 Å². The summed E-state index contributed by atoms with van der Waals surface area (Å²) >= 11 is 0. The van der Waals surface area contributed by atoms with Gasteiger partial charge in [0.05, 0.1) is 12.1 Å². The lowest BCUT2D eigenvalue weighted by molar-refractivity contribution is 0.0895. The standard InChI is InChI=1S/C33H41N9O4S/c1-7-24-19-41(47(44,45)28-12-10-9-11-27(28)46-24)18-23-17-22(14-13-20(23)3)29(33(5,6)34-32(43)31-36-38-39-37-31)25-15-16-26-30(21(25)4)35-40-42(26)8-2/h9-17,24,29,44-45H,7-8,18-19H2,1-6H3,(H,34,43)(H,36,37,38,39)/t24?,29-/m0/s1. The predicted molar refractivity (Wildman–Crippen MR) is 179 cm³/mol.